The summed E-state index contributed by atoms with van der Waals surface area (Å²) in [4.78, 5) is 38.4. The van der Waals surface area contributed by atoms with E-state index in [1.54, 1.807) is 20.8 Å². The van der Waals surface area contributed by atoms with E-state index in [1.165, 1.54) is 12.3 Å². The maximum absolute atomic E-state index is 12.1. The fourth-order valence-corrected chi connectivity index (χ4v) is 1.53. The molecule has 1 heterocycles. The van der Waals surface area contributed by atoms with Crippen LogP contribution >= 0.6 is 0 Å². The highest BCUT2D eigenvalue weighted by Crippen LogP contribution is 2.05. The number of amides is 1. The van der Waals surface area contributed by atoms with E-state index in [9.17, 15) is 14.4 Å². The van der Waals surface area contributed by atoms with Gasteiger partial charge >= 0.3 is 5.97 Å². The average molecular weight is 252 g/mol. The number of hydrogen-bond acceptors (Lipinski definition) is 3. The third-order valence-electron chi connectivity index (χ3n) is 2.48. The molecule has 0 saturated carbocycles. The predicted octanol–water partition coefficient (Wildman–Crippen LogP) is 0.619. The lowest BCUT2D eigenvalue weighted by Crippen LogP contribution is -2.42. The summed E-state index contributed by atoms with van der Waals surface area (Å²) in [6.45, 7) is 4.67. The van der Waals surface area contributed by atoms with Gasteiger partial charge in [0.25, 0.3) is 5.91 Å². The number of nitrogens with zero attached hydrogens (tertiary/aromatic N) is 1. The first-order valence-electron chi connectivity index (χ1n) is 5.55. The highest BCUT2D eigenvalue weighted by Gasteiger charge is 2.23. The summed E-state index contributed by atoms with van der Waals surface area (Å²) in [6, 6.07) is 1.02. The van der Waals surface area contributed by atoms with Gasteiger partial charge in [-0.15, -0.1) is 0 Å². The van der Waals surface area contributed by atoms with Gasteiger partial charge in [-0.2, -0.15) is 0 Å². The third kappa shape index (κ3) is 3.19. The second-order valence-corrected chi connectivity index (χ2v) is 4.31. The number of rotatable bonds is 4. The van der Waals surface area contributed by atoms with Crippen LogP contribution in [0, 0.1) is 6.92 Å². The Kier molecular flexibility index (Phi) is 4.25. The summed E-state index contributed by atoms with van der Waals surface area (Å²) in [7, 11) is 0. The van der Waals surface area contributed by atoms with Crippen molar-refractivity contribution in [1.29, 1.82) is 0 Å². The molecule has 1 amide bonds. The van der Waals surface area contributed by atoms with E-state index in [1.807, 2.05) is 0 Å². The van der Waals surface area contributed by atoms with Crippen LogP contribution in [0.4, 0.5) is 0 Å². The fraction of sp³-hybridized carbons (Fsp3) is 0.417. The number of carbonyl (C=O) groups is 2. The molecule has 1 rings (SSSR count). The summed E-state index contributed by atoms with van der Waals surface area (Å²) < 4.78 is 0. The largest absolute Gasteiger partial charge is 0.480 e. The van der Waals surface area contributed by atoms with Crippen LogP contribution in [-0.2, 0) is 4.79 Å². The Balaban J connectivity index is 3.10. The summed E-state index contributed by atoms with van der Waals surface area (Å²) >= 11 is 0. The Morgan fingerprint density at radius 2 is 2.06 bits per heavy atom. The van der Waals surface area contributed by atoms with Gasteiger partial charge in [0.05, 0.1) is 0 Å². The number of nitrogens with one attached hydrogen (secondary N) is 1. The van der Waals surface area contributed by atoms with E-state index in [4.69, 9.17) is 5.11 Å². The van der Waals surface area contributed by atoms with Crippen LogP contribution in [0.5, 0.6) is 0 Å². The predicted molar refractivity (Wildman–Crippen MR) is 65.6 cm³/mol. The molecule has 6 nitrogen and oxygen atoms in total. The van der Waals surface area contributed by atoms with E-state index in [0.29, 0.717) is 5.69 Å². The molecule has 0 saturated heterocycles. The van der Waals surface area contributed by atoms with Crippen LogP contribution in [0.3, 0.4) is 0 Å². The van der Waals surface area contributed by atoms with Crippen LogP contribution in [0.15, 0.2) is 17.1 Å². The highest BCUT2D eigenvalue weighted by atomic mass is 16.4. The van der Waals surface area contributed by atoms with Gasteiger partial charge in [0.2, 0.25) is 0 Å². The highest BCUT2D eigenvalue weighted by molar-refractivity contribution is 5.95. The minimum atomic E-state index is -1.11. The number of aromatic nitrogens is 1. The van der Waals surface area contributed by atoms with Gasteiger partial charge in [-0.25, -0.2) is 0 Å². The Morgan fingerprint density at radius 1 is 1.44 bits per heavy atom. The first kappa shape index (κ1) is 14.0. The van der Waals surface area contributed by atoms with Crippen molar-refractivity contribution in [2.24, 2.45) is 0 Å². The molecule has 0 aliphatic heterocycles. The fourth-order valence-electron chi connectivity index (χ4n) is 1.53. The summed E-state index contributed by atoms with van der Waals surface area (Å²) in [5.41, 5.74) is 0.189. The first-order valence-corrected chi connectivity index (χ1v) is 5.55. The zero-order valence-corrected chi connectivity index (χ0v) is 10.6. The molecule has 98 valence electrons. The van der Waals surface area contributed by atoms with Gasteiger partial charge in [-0.05, 0) is 20.8 Å². The van der Waals surface area contributed by atoms with Crippen LogP contribution in [-0.4, -0.2) is 39.5 Å². The van der Waals surface area contributed by atoms with E-state index in [0.717, 1.165) is 4.90 Å². The molecule has 0 bridgehead atoms. The molecule has 6 heteroatoms. The van der Waals surface area contributed by atoms with Gasteiger partial charge in [-0.3, -0.25) is 14.4 Å². The molecule has 0 aliphatic rings. The second-order valence-electron chi connectivity index (χ2n) is 4.31. The Labute approximate surface area is 104 Å². The quantitative estimate of drug-likeness (QED) is 0.821. The van der Waals surface area contributed by atoms with Gasteiger partial charge < -0.3 is 15.0 Å². The van der Waals surface area contributed by atoms with Crippen molar-refractivity contribution in [3.8, 4) is 0 Å². The topological polar surface area (TPSA) is 90.5 Å². The molecule has 0 fully saturated rings. The lowest BCUT2D eigenvalue weighted by atomic mass is 10.2. The monoisotopic (exact) mass is 252 g/mol. The number of hydrogen-bond donors (Lipinski definition) is 2. The number of aryl methyl sites for hydroxylation is 1. The number of aromatic amines is 1. The van der Waals surface area contributed by atoms with E-state index < -0.39 is 23.9 Å². The van der Waals surface area contributed by atoms with Crippen molar-refractivity contribution in [2.45, 2.75) is 26.8 Å². The third-order valence-corrected chi connectivity index (χ3v) is 2.48. The standard InChI is InChI=1S/C12H16N2O4/c1-7(2)14(6-11(16)17)12(18)9-5-13-8(3)4-10(9)15/h4-5,7H,6H2,1-3H3,(H,13,15)(H,16,17). The average Bonchev–Trinajstić information content (AvgIpc) is 2.24. The molecule has 0 aromatic carbocycles. The zero-order valence-electron chi connectivity index (χ0n) is 10.6. The SMILES string of the molecule is Cc1cc(=O)c(C(=O)N(CC(=O)O)C(C)C)c[nH]1. The molecule has 18 heavy (non-hydrogen) atoms. The molecule has 0 aliphatic carbocycles. The van der Waals surface area contributed by atoms with E-state index >= 15 is 0 Å². The van der Waals surface area contributed by atoms with E-state index in [-0.39, 0.29) is 11.6 Å². The minimum absolute atomic E-state index is 0.0458. The zero-order chi connectivity index (χ0) is 13.9. The lowest BCUT2D eigenvalue weighted by Gasteiger charge is -2.24. The summed E-state index contributed by atoms with van der Waals surface area (Å²) in [6.07, 6.45) is 1.32. The molecule has 0 radical (unpaired) electrons. The van der Waals surface area contributed by atoms with Crippen LogP contribution in [0.25, 0.3) is 0 Å². The maximum Gasteiger partial charge on any atom is 0.323 e. The minimum Gasteiger partial charge on any atom is -0.480 e. The number of carboxylic acid groups (broad SMARTS) is 1. The van der Waals surface area contributed by atoms with Crippen molar-refractivity contribution >= 4 is 11.9 Å². The normalized spacial score (nSPS) is 10.4. The van der Waals surface area contributed by atoms with Crippen LogP contribution in [0.2, 0.25) is 0 Å². The van der Waals surface area contributed by atoms with Crippen molar-refractivity contribution in [3.05, 3.63) is 33.7 Å². The number of pyridine rings is 1. The smallest absolute Gasteiger partial charge is 0.323 e. The Bertz CT molecular complexity index is 519. The summed E-state index contributed by atoms with van der Waals surface area (Å²) in [5.74, 6) is -1.69. The van der Waals surface area contributed by atoms with Crippen LogP contribution < -0.4 is 5.43 Å². The lowest BCUT2D eigenvalue weighted by molar-refractivity contribution is -0.138. The van der Waals surface area contributed by atoms with Crippen molar-refractivity contribution in [2.75, 3.05) is 6.54 Å². The van der Waals surface area contributed by atoms with Gasteiger partial charge in [0, 0.05) is 24.0 Å². The molecule has 0 atom stereocenters. The molecule has 0 unspecified atom stereocenters. The van der Waals surface area contributed by atoms with Crippen molar-refractivity contribution < 1.29 is 14.7 Å². The molecule has 1 aromatic heterocycles. The first-order chi connectivity index (χ1) is 8.32. The number of carbonyl (C=O) groups excluding carboxylic acids is 1. The van der Waals surface area contributed by atoms with Crippen molar-refractivity contribution in [1.82, 2.24) is 9.88 Å². The number of aliphatic carboxylic acids is 1. The van der Waals surface area contributed by atoms with Gasteiger partial charge in [0.1, 0.15) is 12.1 Å². The van der Waals surface area contributed by atoms with E-state index in [2.05, 4.69) is 4.98 Å². The summed E-state index contributed by atoms with van der Waals surface area (Å²) in [5, 5.41) is 8.76. The van der Waals surface area contributed by atoms with Crippen molar-refractivity contribution in [3.63, 3.8) is 0 Å². The second kappa shape index (κ2) is 5.48. The van der Waals surface area contributed by atoms with Gasteiger partial charge in [0.15, 0.2) is 5.43 Å². The van der Waals surface area contributed by atoms with Crippen LogP contribution in [0.1, 0.15) is 29.9 Å². The Morgan fingerprint density at radius 3 is 2.50 bits per heavy atom. The molecular weight excluding hydrogens is 236 g/mol. The number of H-pyrrole nitrogens is 1. The molecule has 1 aromatic rings. The molecule has 2 N–H and O–H groups in total. The number of carboxylic acids is 1. The van der Waals surface area contributed by atoms with Gasteiger partial charge in [-0.1, -0.05) is 0 Å². The molecular formula is C12H16N2O4. The maximum atomic E-state index is 12.1. The Hall–Kier alpha value is -2.11. The molecule has 0 spiro atoms.